The summed E-state index contributed by atoms with van der Waals surface area (Å²) in [5, 5.41) is 13.3. The average molecular weight is 354 g/mol. The molecule has 6 nitrogen and oxygen atoms in total. The van der Waals surface area contributed by atoms with E-state index in [2.05, 4.69) is 10.2 Å². The monoisotopic (exact) mass is 353 g/mol. The molecule has 24 heavy (non-hydrogen) atoms. The number of carbonyl (C=O) groups is 1. The largest absolute Gasteiger partial charge is 0.492 e. The second-order valence-corrected chi connectivity index (χ2v) is 6.76. The van der Waals surface area contributed by atoms with Crippen LogP contribution in [-0.4, -0.2) is 78.8 Å². The predicted molar refractivity (Wildman–Crippen MR) is 92.4 cm³/mol. The van der Waals surface area contributed by atoms with Gasteiger partial charge in [0.05, 0.1) is 12.1 Å². The number of aliphatic hydroxyl groups excluding tert-OH is 1. The number of rotatable bonds is 5. The van der Waals surface area contributed by atoms with Crippen molar-refractivity contribution in [2.75, 3.05) is 45.9 Å². The number of hydrogen-bond acceptors (Lipinski definition) is 5. The van der Waals surface area contributed by atoms with Crippen molar-refractivity contribution in [2.45, 2.75) is 18.6 Å². The summed E-state index contributed by atoms with van der Waals surface area (Å²) < 4.78 is 5.71. The van der Waals surface area contributed by atoms with E-state index in [9.17, 15) is 9.90 Å². The fraction of sp³-hybridized carbons (Fsp3) is 0.588. The molecular weight excluding hydrogens is 330 g/mol. The lowest BCUT2D eigenvalue weighted by Gasteiger charge is -2.35. The first kappa shape index (κ1) is 17.5. The lowest BCUT2D eigenvalue weighted by Crippen LogP contribution is -2.53. The van der Waals surface area contributed by atoms with E-state index in [1.807, 2.05) is 29.2 Å². The maximum atomic E-state index is 12.4. The zero-order valence-electron chi connectivity index (χ0n) is 13.7. The summed E-state index contributed by atoms with van der Waals surface area (Å²) in [6.07, 6.45) is 0.124. The molecule has 132 valence electrons. The van der Waals surface area contributed by atoms with Crippen LogP contribution in [0, 0.1) is 0 Å². The van der Waals surface area contributed by atoms with E-state index in [-0.39, 0.29) is 11.9 Å². The lowest BCUT2D eigenvalue weighted by molar-refractivity contribution is -0.135. The standard InChI is InChI=1S/C17H24ClN3O3/c18-13-1-3-15(4-2-13)24-10-9-20-5-7-21(8-6-20)17(23)16-11-14(22)12-19-16/h1-4,14,16,19,22H,5-12H2/t14-,16-/m0/s1. The van der Waals surface area contributed by atoms with Gasteiger partial charge in [-0.1, -0.05) is 11.6 Å². The van der Waals surface area contributed by atoms with E-state index in [4.69, 9.17) is 16.3 Å². The van der Waals surface area contributed by atoms with Crippen LogP contribution in [0.1, 0.15) is 6.42 Å². The van der Waals surface area contributed by atoms with Crippen LogP contribution in [0.3, 0.4) is 0 Å². The third-order valence-corrected chi connectivity index (χ3v) is 4.83. The number of aliphatic hydroxyl groups is 1. The Morgan fingerprint density at radius 1 is 1.25 bits per heavy atom. The van der Waals surface area contributed by atoms with E-state index in [1.54, 1.807) is 0 Å². The van der Waals surface area contributed by atoms with E-state index in [0.29, 0.717) is 24.6 Å². The van der Waals surface area contributed by atoms with E-state index in [1.165, 1.54) is 0 Å². The van der Waals surface area contributed by atoms with Crippen molar-refractivity contribution in [3.63, 3.8) is 0 Å². The van der Waals surface area contributed by atoms with Crippen molar-refractivity contribution in [3.05, 3.63) is 29.3 Å². The molecular formula is C17H24ClN3O3. The van der Waals surface area contributed by atoms with Gasteiger partial charge in [-0.2, -0.15) is 0 Å². The molecule has 1 aromatic rings. The molecule has 0 aliphatic carbocycles. The van der Waals surface area contributed by atoms with Gasteiger partial charge in [0, 0.05) is 44.3 Å². The number of hydrogen-bond donors (Lipinski definition) is 2. The smallest absolute Gasteiger partial charge is 0.239 e. The molecule has 0 radical (unpaired) electrons. The molecule has 2 aliphatic heterocycles. The van der Waals surface area contributed by atoms with Gasteiger partial charge in [0.15, 0.2) is 0 Å². The number of nitrogens with zero attached hydrogens (tertiary/aromatic N) is 2. The van der Waals surface area contributed by atoms with Crippen LogP contribution in [0.5, 0.6) is 5.75 Å². The topological polar surface area (TPSA) is 65.0 Å². The molecule has 2 N–H and O–H groups in total. The van der Waals surface area contributed by atoms with Crippen molar-refractivity contribution in [1.82, 2.24) is 15.1 Å². The Labute approximate surface area is 147 Å². The lowest BCUT2D eigenvalue weighted by atomic mass is 10.1. The molecule has 0 bridgehead atoms. The number of β-amino-alcohol motifs (C(OH)–C–C–N with tert-alkyl or cyclic N) is 1. The summed E-state index contributed by atoms with van der Waals surface area (Å²) in [7, 11) is 0. The highest BCUT2D eigenvalue weighted by molar-refractivity contribution is 6.30. The van der Waals surface area contributed by atoms with Gasteiger partial charge in [0.1, 0.15) is 12.4 Å². The Morgan fingerprint density at radius 2 is 1.96 bits per heavy atom. The van der Waals surface area contributed by atoms with Gasteiger partial charge in [0.2, 0.25) is 5.91 Å². The zero-order valence-corrected chi connectivity index (χ0v) is 14.4. The summed E-state index contributed by atoms with van der Waals surface area (Å²) in [4.78, 5) is 16.6. The Hall–Kier alpha value is -1.34. The predicted octanol–water partition coefficient (Wildman–Crippen LogP) is 0.586. The first-order chi connectivity index (χ1) is 11.6. The summed E-state index contributed by atoms with van der Waals surface area (Å²) in [5.41, 5.74) is 0. The molecule has 0 saturated carbocycles. The van der Waals surface area contributed by atoms with Crippen LogP contribution < -0.4 is 10.1 Å². The van der Waals surface area contributed by atoms with Crippen LogP contribution in [0.25, 0.3) is 0 Å². The highest BCUT2D eigenvalue weighted by Gasteiger charge is 2.32. The second kappa shape index (κ2) is 8.16. The van der Waals surface area contributed by atoms with Gasteiger partial charge in [0.25, 0.3) is 0 Å². The quantitative estimate of drug-likeness (QED) is 0.811. The van der Waals surface area contributed by atoms with Crippen molar-refractivity contribution < 1.29 is 14.6 Å². The average Bonchev–Trinajstić information content (AvgIpc) is 3.03. The number of amides is 1. The minimum atomic E-state index is -0.398. The SMILES string of the molecule is O=C([C@@H]1C[C@H](O)CN1)N1CCN(CCOc2ccc(Cl)cc2)CC1. The third-order valence-electron chi connectivity index (χ3n) is 4.58. The molecule has 3 rings (SSSR count). The highest BCUT2D eigenvalue weighted by atomic mass is 35.5. The van der Waals surface area contributed by atoms with Crippen LogP contribution >= 0.6 is 11.6 Å². The molecule has 2 fully saturated rings. The number of nitrogens with one attached hydrogen (secondary N) is 1. The van der Waals surface area contributed by atoms with Crippen LogP contribution in [0.2, 0.25) is 5.02 Å². The zero-order chi connectivity index (χ0) is 16.9. The fourth-order valence-electron chi connectivity index (χ4n) is 3.14. The highest BCUT2D eigenvalue weighted by Crippen LogP contribution is 2.16. The minimum Gasteiger partial charge on any atom is -0.492 e. The molecule has 2 atom stereocenters. The molecule has 7 heteroatoms. The first-order valence-corrected chi connectivity index (χ1v) is 8.80. The molecule has 2 aliphatic rings. The van der Waals surface area contributed by atoms with Gasteiger partial charge >= 0.3 is 0 Å². The van der Waals surface area contributed by atoms with Crippen molar-refractivity contribution >= 4 is 17.5 Å². The molecule has 0 spiro atoms. The maximum Gasteiger partial charge on any atom is 0.239 e. The van der Waals surface area contributed by atoms with Gasteiger partial charge < -0.3 is 20.1 Å². The normalized spacial score (nSPS) is 25.0. The van der Waals surface area contributed by atoms with E-state index in [0.717, 1.165) is 38.5 Å². The van der Waals surface area contributed by atoms with Gasteiger partial charge in [-0.15, -0.1) is 0 Å². The van der Waals surface area contributed by atoms with Crippen LogP contribution in [0.15, 0.2) is 24.3 Å². The molecule has 1 aromatic carbocycles. The second-order valence-electron chi connectivity index (χ2n) is 6.32. The molecule has 2 heterocycles. The van der Waals surface area contributed by atoms with Crippen molar-refractivity contribution in [2.24, 2.45) is 0 Å². The van der Waals surface area contributed by atoms with Crippen molar-refractivity contribution in [1.29, 1.82) is 0 Å². The summed E-state index contributed by atoms with van der Waals surface area (Å²) in [5.74, 6) is 0.933. The molecule has 2 saturated heterocycles. The number of halogens is 1. The number of piperazine rings is 1. The number of ether oxygens (including phenoxy) is 1. The molecule has 1 amide bonds. The first-order valence-electron chi connectivity index (χ1n) is 8.43. The van der Waals surface area contributed by atoms with Crippen LogP contribution in [-0.2, 0) is 4.79 Å². The number of carbonyl (C=O) groups excluding carboxylic acids is 1. The fourth-order valence-corrected chi connectivity index (χ4v) is 3.27. The Balaban J connectivity index is 1.36. The van der Waals surface area contributed by atoms with E-state index < -0.39 is 6.10 Å². The third kappa shape index (κ3) is 4.60. The van der Waals surface area contributed by atoms with Gasteiger partial charge in [-0.25, -0.2) is 0 Å². The Morgan fingerprint density at radius 3 is 2.58 bits per heavy atom. The van der Waals surface area contributed by atoms with Crippen LogP contribution in [0.4, 0.5) is 0 Å². The van der Waals surface area contributed by atoms with Gasteiger partial charge in [-0.3, -0.25) is 9.69 Å². The summed E-state index contributed by atoms with van der Waals surface area (Å²) in [6.45, 7) is 5.13. The van der Waals surface area contributed by atoms with E-state index >= 15 is 0 Å². The Bertz CT molecular complexity index is 547. The molecule has 0 unspecified atom stereocenters. The summed E-state index contributed by atoms with van der Waals surface area (Å²) in [6, 6.07) is 7.13. The molecule has 0 aromatic heterocycles. The summed E-state index contributed by atoms with van der Waals surface area (Å²) >= 11 is 5.85. The minimum absolute atomic E-state index is 0.114. The Kier molecular flexibility index (Phi) is 5.94. The maximum absolute atomic E-state index is 12.4. The van der Waals surface area contributed by atoms with Crippen molar-refractivity contribution in [3.8, 4) is 5.75 Å². The number of benzene rings is 1. The van der Waals surface area contributed by atoms with Gasteiger partial charge in [-0.05, 0) is 30.7 Å².